The highest BCUT2D eigenvalue weighted by Crippen LogP contribution is 2.46. The molecule has 35 heavy (non-hydrogen) atoms. The molecule has 0 spiro atoms. The highest BCUT2D eigenvalue weighted by molar-refractivity contribution is 5.94. The number of hydrogen-bond acceptors (Lipinski definition) is 4. The Hall–Kier alpha value is -3.22. The number of benzene rings is 3. The first-order valence-corrected chi connectivity index (χ1v) is 12.3. The number of halogens is 1. The van der Waals surface area contributed by atoms with Crippen LogP contribution in [-0.4, -0.2) is 74.0 Å². The van der Waals surface area contributed by atoms with E-state index in [-0.39, 0.29) is 17.7 Å². The summed E-state index contributed by atoms with van der Waals surface area (Å²) in [4.78, 5) is 19.5. The lowest BCUT2D eigenvalue weighted by molar-refractivity contribution is 0.0599. The van der Waals surface area contributed by atoms with Crippen LogP contribution in [0.5, 0.6) is 5.75 Å². The van der Waals surface area contributed by atoms with Crippen LogP contribution in [0.4, 0.5) is 4.39 Å². The van der Waals surface area contributed by atoms with Crippen molar-refractivity contribution in [1.29, 1.82) is 0 Å². The first kappa shape index (κ1) is 23.5. The van der Waals surface area contributed by atoms with Crippen molar-refractivity contribution in [2.75, 3.05) is 53.4 Å². The molecule has 0 bridgehead atoms. The van der Waals surface area contributed by atoms with Crippen LogP contribution in [0.1, 0.15) is 33.9 Å². The molecular formula is C29H32FN3O2. The summed E-state index contributed by atoms with van der Waals surface area (Å²) in [6.07, 6.45) is 0.813. The van der Waals surface area contributed by atoms with Crippen molar-refractivity contribution >= 4 is 5.91 Å². The molecule has 0 radical (unpaired) electrons. The van der Waals surface area contributed by atoms with Gasteiger partial charge >= 0.3 is 0 Å². The first-order valence-electron chi connectivity index (χ1n) is 12.3. The summed E-state index contributed by atoms with van der Waals surface area (Å²) >= 11 is 0. The number of fused-ring (bicyclic) bond motifs is 3. The van der Waals surface area contributed by atoms with E-state index in [0.29, 0.717) is 25.3 Å². The van der Waals surface area contributed by atoms with Crippen LogP contribution in [-0.2, 0) is 0 Å². The largest absolute Gasteiger partial charge is 0.490 e. The van der Waals surface area contributed by atoms with Gasteiger partial charge in [0.2, 0.25) is 0 Å². The van der Waals surface area contributed by atoms with Crippen molar-refractivity contribution in [2.24, 2.45) is 0 Å². The molecule has 5 nitrogen and oxygen atoms in total. The molecule has 0 aromatic heterocycles. The molecule has 0 atom stereocenters. The fourth-order valence-electron chi connectivity index (χ4n) is 5.20. The average Bonchev–Trinajstić information content (AvgIpc) is 3.21. The molecule has 182 valence electrons. The monoisotopic (exact) mass is 473 g/mol. The van der Waals surface area contributed by atoms with Crippen LogP contribution in [0, 0.1) is 5.82 Å². The minimum atomic E-state index is -0.487. The Bertz CT molecular complexity index is 1160. The van der Waals surface area contributed by atoms with E-state index >= 15 is 0 Å². The Kier molecular flexibility index (Phi) is 6.84. The summed E-state index contributed by atoms with van der Waals surface area (Å²) < 4.78 is 20.2. The second kappa shape index (κ2) is 10.2. The lowest BCUT2D eigenvalue weighted by Gasteiger charge is -2.38. The molecule has 1 aliphatic heterocycles. The number of carbonyl (C=O) groups is 1. The second-order valence-electron chi connectivity index (χ2n) is 9.56. The van der Waals surface area contributed by atoms with E-state index in [4.69, 9.17) is 4.74 Å². The molecule has 1 fully saturated rings. The fraction of sp³-hybridized carbons (Fsp3) is 0.345. The van der Waals surface area contributed by atoms with Gasteiger partial charge in [0.1, 0.15) is 0 Å². The smallest absolute Gasteiger partial charge is 0.254 e. The Morgan fingerprint density at radius 1 is 0.943 bits per heavy atom. The zero-order chi connectivity index (χ0) is 24.4. The molecule has 1 amide bonds. The van der Waals surface area contributed by atoms with Crippen molar-refractivity contribution in [2.45, 2.75) is 12.5 Å². The number of amides is 1. The van der Waals surface area contributed by atoms with Crippen molar-refractivity contribution in [1.82, 2.24) is 14.7 Å². The van der Waals surface area contributed by atoms with Crippen molar-refractivity contribution in [3.05, 3.63) is 89.2 Å². The van der Waals surface area contributed by atoms with Gasteiger partial charge in [-0.3, -0.25) is 9.69 Å². The zero-order valence-corrected chi connectivity index (χ0v) is 20.4. The predicted octanol–water partition coefficient (Wildman–Crippen LogP) is 4.68. The molecular weight excluding hydrogens is 441 g/mol. The number of carbonyl (C=O) groups excluding carboxylic acids is 1. The van der Waals surface area contributed by atoms with Crippen LogP contribution in [0.15, 0.2) is 66.7 Å². The van der Waals surface area contributed by atoms with E-state index < -0.39 is 5.82 Å². The summed E-state index contributed by atoms with van der Waals surface area (Å²) in [7, 11) is 3.98. The molecule has 1 saturated heterocycles. The van der Waals surface area contributed by atoms with Crippen LogP contribution >= 0.6 is 0 Å². The van der Waals surface area contributed by atoms with Gasteiger partial charge in [0.25, 0.3) is 5.91 Å². The summed E-state index contributed by atoms with van der Waals surface area (Å²) in [5.41, 5.74) is 5.62. The van der Waals surface area contributed by atoms with Gasteiger partial charge in [-0.2, -0.15) is 0 Å². The lowest BCUT2D eigenvalue weighted by Crippen LogP contribution is -2.49. The Balaban J connectivity index is 1.23. The summed E-state index contributed by atoms with van der Waals surface area (Å²) in [6, 6.07) is 21.9. The summed E-state index contributed by atoms with van der Waals surface area (Å²) in [6.45, 7) is 4.09. The topological polar surface area (TPSA) is 36.0 Å². The van der Waals surface area contributed by atoms with E-state index in [1.807, 2.05) is 19.0 Å². The quantitative estimate of drug-likeness (QED) is 0.467. The summed E-state index contributed by atoms with van der Waals surface area (Å²) in [5.74, 6) is -0.419. The molecule has 0 saturated carbocycles. The van der Waals surface area contributed by atoms with Crippen LogP contribution in [0.25, 0.3) is 11.1 Å². The molecule has 2 aliphatic rings. The van der Waals surface area contributed by atoms with E-state index in [1.54, 1.807) is 12.1 Å². The SMILES string of the molecule is CN(C)CCCOc1ccc(C(=O)N2CCN(C3c4ccccc4-c4ccccc43)CC2)cc1F. The summed E-state index contributed by atoms with van der Waals surface area (Å²) in [5, 5.41) is 0. The molecule has 3 aromatic rings. The third kappa shape index (κ3) is 4.81. The van der Waals surface area contributed by atoms with Gasteiger partial charge in [-0.25, -0.2) is 4.39 Å². The minimum Gasteiger partial charge on any atom is -0.490 e. The average molecular weight is 474 g/mol. The highest BCUT2D eigenvalue weighted by Gasteiger charge is 2.35. The molecule has 0 unspecified atom stereocenters. The van der Waals surface area contributed by atoms with E-state index in [0.717, 1.165) is 26.1 Å². The number of piperazine rings is 1. The number of nitrogens with zero attached hydrogens (tertiary/aromatic N) is 3. The van der Waals surface area contributed by atoms with Crippen molar-refractivity contribution < 1.29 is 13.9 Å². The number of rotatable bonds is 7. The maximum absolute atomic E-state index is 14.6. The van der Waals surface area contributed by atoms with Gasteiger partial charge in [0.05, 0.1) is 12.6 Å². The zero-order valence-electron chi connectivity index (χ0n) is 20.4. The van der Waals surface area contributed by atoms with Crippen LogP contribution in [0.2, 0.25) is 0 Å². The van der Waals surface area contributed by atoms with E-state index in [2.05, 4.69) is 58.3 Å². The Labute approximate surface area is 206 Å². The Morgan fingerprint density at radius 2 is 1.57 bits per heavy atom. The minimum absolute atomic E-state index is 0.130. The van der Waals surface area contributed by atoms with Crippen molar-refractivity contribution in [3.8, 4) is 16.9 Å². The Morgan fingerprint density at radius 3 is 2.17 bits per heavy atom. The van der Waals surface area contributed by atoms with Gasteiger partial charge in [-0.15, -0.1) is 0 Å². The maximum atomic E-state index is 14.6. The van der Waals surface area contributed by atoms with Crippen molar-refractivity contribution in [3.63, 3.8) is 0 Å². The normalized spacial score (nSPS) is 15.8. The molecule has 6 heteroatoms. The predicted molar refractivity (Wildman–Crippen MR) is 136 cm³/mol. The van der Waals surface area contributed by atoms with Gasteiger partial charge in [-0.1, -0.05) is 48.5 Å². The van der Waals surface area contributed by atoms with Crippen LogP contribution < -0.4 is 4.74 Å². The van der Waals surface area contributed by atoms with E-state index in [9.17, 15) is 9.18 Å². The molecule has 3 aromatic carbocycles. The number of ether oxygens (including phenoxy) is 1. The van der Waals surface area contributed by atoms with Gasteiger partial charge < -0.3 is 14.5 Å². The third-order valence-electron chi connectivity index (χ3n) is 6.95. The van der Waals surface area contributed by atoms with Gasteiger partial charge in [-0.05, 0) is 61.0 Å². The van der Waals surface area contributed by atoms with Crippen LogP contribution in [0.3, 0.4) is 0 Å². The molecule has 0 N–H and O–H groups in total. The second-order valence-corrected chi connectivity index (χ2v) is 9.56. The number of hydrogen-bond donors (Lipinski definition) is 0. The standard InChI is InChI=1S/C29H32FN3O2/c1-31(2)14-7-19-35-27-13-12-21(20-26(27)30)29(34)33-17-15-32(16-18-33)28-24-10-5-3-8-22(24)23-9-4-6-11-25(23)28/h3-6,8-13,20,28H,7,14-19H2,1-2H3. The van der Waals surface area contributed by atoms with Gasteiger partial charge in [0, 0.05) is 38.3 Å². The highest BCUT2D eigenvalue weighted by atomic mass is 19.1. The molecule has 5 rings (SSSR count). The maximum Gasteiger partial charge on any atom is 0.254 e. The third-order valence-corrected chi connectivity index (χ3v) is 6.95. The molecule has 1 aliphatic carbocycles. The first-order chi connectivity index (χ1) is 17.0. The fourth-order valence-corrected chi connectivity index (χ4v) is 5.20. The lowest BCUT2D eigenvalue weighted by atomic mass is 10.0. The van der Waals surface area contributed by atoms with Gasteiger partial charge in [0.15, 0.2) is 11.6 Å². The molecule has 1 heterocycles. The van der Waals surface area contributed by atoms with E-state index in [1.165, 1.54) is 28.3 Å².